The molecule has 1 aliphatic rings. The van der Waals surface area contributed by atoms with Crippen LogP contribution in [-0.4, -0.2) is 63.9 Å². The second kappa shape index (κ2) is 9.15. The number of carbonyl (C=O) groups is 1. The summed E-state index contributed by atoms with van der Waals surface area (Å²) in [4.78, 5) is 15.3. The van der Waals surface area contributed by atoms with Crippen molar-refractivity contribution in [3.63, 3.8) is 0 Å². The SMILES string of the molecule is Cc1ccc([C@@H](CNC(=O)c2cccc(-n3nnnc3C)c2)N2CCOCC2)cc1. The monoisotopic (exact) mass is 406 g/mol. The lowest BCUT2D eigenvalue weighted by molar-refractivity contribution is 0.0162. The van der Waals surface area contributed by atoms with Crippen LogP contribution in [0.2, 0.25) is 0 Å². The number of benzene rings is 2. The van der Waals surface area contributed by atoms with Crippen LogP contribution in [0.15, 0.2) is 48.5 Å². The normalized spacial score (nSPS) is 15.7. The van der Waals surface area contributed by atoms with Gasteiger partial charge in [0.25, 0.3) is 5.91 Å². The van der Waals surface area contributed by atoms with Crippen molar-refractivity contribution < 1.29 is 9.53 Å². The summed E-state index contributed by atoms with van der Waals surface area (Å²) in [5.74, 6) is 0.548. The molecule has 8 nitrogen and oxygen atoms in total. The van der Waals surface area contributed by atoms with E-state index in [2.05, 4.69) is 56.9 Å². The van der Waals surface area contributed by atoms with Gasteiger partial charge in [-0.3, -0.25) is 9.69 Å². The minimum absolute atomic E-state index is 0.100. The minimum Gasteiger partial charge on any atom is -0.379 e. The summed E-state index contributed by atoms with van der Waals surface area (Å²) in [5.41, 5.74) is 3.75. The highest BCUT2D eigenvalue weighted by Crippen LogP contribution is 2.22. The van der Waals surface area contributed by atoms with E-state index in [0.29, 0.717) is 31.1 Å². The molecule has 1 aliphatic heterocycles. The van der Waals surface area contributed by atoms with Crippen LogP contribution < -0.4 is 5.32 Å². The van der Waals surface area contributed by atoms with Crippen LogP contribution in [0.25, 0.3) is 5.69 Å². The average molecular weight is 406 g/mol. The van der Waals surface area contributed by atoms with Gasteiger partial charge >= 0.3 is 0 Å². The fourth-order valence-electron chi connectivity index (χ4n) is 3.68. The number of nitrogens with one attached hydrogen (secondary N) is 1. The average Bonchev–Trinajstić information content (AvgIpc) is 3.21. The molecule has 1 aromatic heterocycles. The Morgan fingerprint density at radius 2 is 1.90 bits per heavy atom. The Labute approximate surface area is 175 Å². The fraction of sp³-hybridized carbons (Fsp3) is 0.364. The van der Waals surface area contributed by atoms with Gasteiger partial charge in [0.15, 0.2) is 5.82 Å². The van der Waals surface area contributed by atoms with Gasteiger partial charge in [-0.1, -0.05) is 35.9 Å². The van der Waals surface area contributed by atoms with Gasteiger partial charge in [-0.15, -0.1) is 5.10 Å². The van der Waals surface area contributed by atoms with Crippen molar-refractivity contribution in [3.05, 3.63) is 71.0 Å². The molecule has 1 atom stereocenters. The molecule has 1 N–H and O–H groups in total. The molecule has 156 valence electrons. The third-order valence-corrected chi connectivity index (χ3v) is 5.38. The summed E-state index contributed by atoms with van der Waals surface area (Å²) in [6, 6.07) is 15.9. The highest BCUT2D eigenvalue weighted by molar-refractivity contribution is 5.94. The van der Waals surface area contributed by atoms with E-state index in [4.69, 9.17) is 4.74 Å². The Kier molecular flexibility index (Phi) is 6.15. The van der Waals surface area contributed by atoms with Gasteiger partial charge in [-0.25, -0.2) is 0 Å². The number of hydrogen-bond donors (Lipinski definition) is 1. The molecule has 0 saturated carbocycles. The molecule has 0 bridgehead atoms. The van der Waals surface area contributed by atoms with Crippen LogP contribution in [0.3, 0.4) is 0 Å². The molecule has 0 aliphatic carbocycles. The van der Waals surface area contributed by atoms with E-state index in [9.17, 15) is 4.79 Å². The molecule has 4 rings (SSSR count). The Morgan fingerprint density at radius 1 is 1.13 bits per heavy atom. The van der Waals surface area contributed by atoms with E-state index in [1.807, 2.05) is 19.1 Å². The minimum atomic E-state index is -0.118. The van der Waals surface area contributed by atoms with E-state index >= 15 is 0 Å². The highest BCUT2D eigenvalue weighted by atomic mass is 16.5. The first kappa shape index (κ1) is 20.2. The second-order valence-corrected chi connectivity index (χ2v) is 7.47. The number of hydrogen-bond acceptors (Lipinski definition) is 6. The quantitative estimate of drug-likeness (QED) is 0.675. The smallest absolute Gasteiger partial charge is 0.251 e. The van der Waals surface area contributed by atoms with Gasteiger partial charge in [0.05, 0.1) is 24.9 Å². The number of rotatable bonds is 6. The molecule has 1 amide bonds. The van der Waals surface area contributed by atoms with E-state index in [1.165, 1.54) is 11.1 Å². The zero-order valence-corrected chi connectivity index (χ0v) is 17.3. The van der Waals surface area contributed by atoms with Gasteiger partial charge in [0.1, 0.15) is 0 Å². The molecule has 3 aromatic rings. The number of aromatic nitrogens is 4. The van der Waals surface area contributed by atoms with Gasteiger partial charge in [0.2, 0.25) is 0 Å². The number of carbonyl (C=O) groups excluding carboxylic acids is 1. The molecule has 1 saturated heterocycles. The number of ether oxygens (including phenoxy) is 1. The standard InChI is InChI=1S/C22H26N6O2/c1-16-6-8-18(9-7-16)21(27-10-12-30-13-11-27)15-23-22(29)19-4-3-5-20(14-19)28-17(2)24-25-26-28/h3-9,14,21H,10-13,15H2,1-2H3,(H,23,29)/t21-/m1/s1. The van der Waals surface area contributed by atoms with Crippen molar-refractivity contribution in [1.29, 1.82) is 0 Å². The summed E-state index contributed by atoms with van der Waals surface area (Å²) in [6.07, 6.45) is 0. The van der Waals surface area contributed by atoms with Crippen LogP contribution >= 0.6 is 0 Å². The second-order valence-electron chi connectivity index (χ2n) is 7.47. The molecule has 30 heavy (non-hydrogen) atoms. The topological polar surface area (TPSA) is 85.2 Å². The van der Waals surface area contributed by atoms with Gasteiger partial charge in [-0.2, -0.15) is 4.68 Å². The van der Waals surface area contributed by atoms with Crippen molar-refractivity contribution in [3.8, 4) is 5.69 Å². The van der Waals surface area contributed by atoms with Crippen LogP contribution in [0.5, 0.6) is 0 Å². The summed E-state index contributed by atoms with van der Waals surface area (Å²) >= 11 is 0. The third kappa shape index (κ3) is 4.55. The van der Waals surface area contributed by atoms with Crippen molar-refractivity contribution in [2.75, 3.05) is 32.8 Å². The maximum Gasteiger partial charge on any atom is 0.251 e. The molecular weight excluding hydrogens is 380 g/mol. The molecular formula is C22H26N6O2. The zero-order chi connectivity index (χ0) is 20.9. The van der Waals surface area contributed by atoms with Crippen LogP contribution in [0.1, 0.15) is 33.4 Å². The number of tetrazole rings is 1. The van der Waals surface area contributed by atoms with Crippen molar-refractivity contribution in [2.45, 2.75) is 19.9 Å². The van der Waals surface area contributed by atoms with Crippen LogP contribution in [0.4, 0.5) is 0 Å². The zero-order valence-electron chi connectivity index (χ0n) is 17.3. The maximum atomic E-state index is 12.9. The van der Waals surface area contributed by atoms with Gasteiger partial charge < -0.3 is 10.1 Å². The first-order chi connectivity index (χ1) is 14.6. The number of aryl methyl sites for hydroxylation is 2. The Balaban J connectivity index is 1.50. The van der Waals surface area contributed by atoms with E-state index in [0.717, 1.165) is 18.8 Å². The van der Waals surface area contributed by atoms with Gasteiger partial charge in [0, 0.05) is 25.2 Å². The third-order valence-electron chi connectivity index (χ3n) is 5.38. The van der Waals surface area contributed by atoms with Crippen LogP contribution in [-0.2, 0) is 4.74 Å². The summed E-state index contributed by atoms with van der Waals surface area (Å²) < 4.78 is 7.12. The Morgan fingerprint density at radius 3 is 2.60 bits per heavy atom. The van der Waals surface area contributed by atoms with E-state index < -0.39 is 0 Å². The number of morpholine rings is 1. The van der Waals surface area contributed by atoms with E-state index in [1.54, 1.807) is 16.8 Å². The lowest BCUT2D eigenvalue weighted by Gasteiger charge is -2.35. The molecule has 2 heterocycles. The van der Waals surface area contributed by atoms with Crippen LogP contribution in [0, 0.1) is 13.8 Å². The molecule has 0 spiro atoms. The molecule has 2 aromatic carbocycles. The summed E-state index contributed by atoms with van der Waals surface area (Å²) in [5, 5.41) is 14.7. The lowest BCUT2D eigenvalue weighted by atomic mass is 10.0. The first-order valence-electron chi connectivity index (χ1n) is 10.1. The molecule has 8 heteroatoms. The van der Waals surface area contributed by atoms with Crippen molar-refractivity contribution >= 4 is 5.91 Å². The number of nitrogens with zero attached hydrogens (tertiary/aromatic N) is 5. The Hall–Kier alpha value is -3.10. The molecule has 1 fully saturated rings. The fourth-order valence-corrected chi connectivity index (χ4v) is 3.68. The van der Waals surface area contributed by atoms with E-state index in [-0.39, 0.29) is 11.9 Å². The molecule has 0 radical (unpaired) electrons. The summed E-state index contributed by atoms with van der Waals surface area (Å²) in [7, 11) is 0. The van der Waals surface area contributed by atoms with Crippen molar-refractivity contribution in [1.82, 2.24) is 30.4 Å². The predicted octanol–water partition coefficient (Wildman–Crippen LogP) is 2.08. The lowest BCUT2D eigenvalue weighted by Crippen LogP contribution is -2.43. The highest BCUT2D eigenvalue weighted by Gasteiger charge is 2.23. The predicted molar refractivity (Wildman–Crippen MR) is 113 cm³/mol. The Bertz CT molecular complexity index is 995. The molecule has 0 unspecified atom stereocenters. The summed E-state index contributed by atoms with van der Waals surface area (Å²) in [6.45, 7) is 7.55. The maximum absolute atomic E-state index is 12.9. The van der Waals surface area contributed by atoms with Crippen molar-refractivity contribution in [2.24, 2.45) is 0 Å². The van der Waals surface area contributed by atoms with Gasteiger partial charge in [-0.05, 0) is 48.0 Å². The largest absolute Gasteiger partial charge is 0.379 e. The first-order valence-corrected chi connectivity index (χ1v) is 10.1. The number of amides is 1.